The first-order chi connectivity index (χ1) is 62.4. The van der Waals surface area contributed by atoms with Gasteiger partial charge in [-0.3, -0.25) is 4.98 Å². The minimum Gasteiger partial charge on any atom is -0.252 e. The molecule has 0 bridgehead atoms. The normalized spacial score (nSPS) is 10.9. The van der Waals surface area contributed by atoms with Gasteiger partial charge >= 0.3 is 0 Å². The maximum absolute atomic E-state index is 6.26. The molecule has 0 spiro atoms. The summed E-state index contributed by atoms with van der Waals surface area (Å²) >= 11 is 30.7. The van der Waals surface area contributed by atoms with Crippen molar-refractivity contribution in [2.24, 2.45) is 0 Å². The topological polar surface area (TPSA) is 245 Å². The molecular formula is C103H64Cl5N19. The molecule has 0 saturated heterocycles. The van der Waals surface area contributed by atoms with Gasteiger partial charge in [0.25, 0.3) is 0 Å². The molecule has 24 heteroatoms. The fraction of sp³-hybridized carbons (Fsp3) is 0. The number of nitrogens with zero attached hydrogens (tertiary/aromatic N) is 19. The molecule has 0 aliphatic heterocycles. The molecule has 0 aliphatic carbocycles. The van der Waals surface area contributed by atoms with Crippen molar-refractivity contribution < 1.29 is 0 Å². The average molecular weight is 1750 g/mol. The molecule has 0 aliphatic rings. The fourth-order valence-corrected chi connectivity index (χ4v) is 14.9. The smallest absolute Gasteiger partial charge is 0.226 e. The first-order valence-corrected chi connectivity index (χ1v) is 41.8. The lowest BCUT2D eigenvalue weighted by atomic mass is 10.0. The van der Waals surface area contributed by atoms with Gasteiger partial charge in [-0.15, -0.1) is 0 Å². The molecule has 0 unspecified atom stereocenters. The summed E-state index contributed by atoms with van der Waals surface area (Å²) in [5.41, 5.74) is 17.0. The molecule has 19 nitrogen and oxygen atoms in total. The predicted octanol–water partition coefficient (Wildman–Crippen LogP) is 26.0. The Bertz CT molecular complexity index is 7390. The molecule has 22 rings (SSSR count). The van der Waals surface area contributed by atoms with Crippen molar-refractivity contribution in [3.63, 3.8) is 0 Å². The Morgan fingerprint density at radius 2 is 0.504 bits per heavy atom. The van der Waals surface area contributed by atoms with Crippen molar-refractivity contribution >= 4 is 112 Å². The SMILES string of the molecule is Clc1nc(-c2ccc3ccccc3n2)nc(-c2ccc3ccccc3n2)n1.Clc1nc(-c2cccc3ccccc23)nc(-c2nccc3ccccc23)n1.Clc1nc(-c2ccccc2)cc(-c2ccccc2)n1.Clc1nc(-c2ccccc2)nc(-c2ccc(-c3ccccc3)cc2)n1.Clc1nc(-c2ccccc2)nc(-c2ccc(-c3ncnc4ccccc34)cc2)n1. The molecular weight excluding hydrogens is 1680 g/mol. The van der Waals surface area contributed by atoms with Crippen molar-refractivity contribution in [3.8, 4) is 136 Å². The fourth-order valence-electron chi connectivity index (χ4n) is 14.0. The Kier molecular flexibility index (Phi) is 25.1. The summed E-state index contributed by atoms with van der Waals surface area (Å²) in [6.45, 7) is 0. The Balaban J connectivity index is 0.000000108. The van der Waals surface area contributed by atoms with Crippen LogP contribution >= 0.6 is 58.0 Å². The van der Waals surface area contributed by atoms with E-state index in [1.807, 2.05) is 334 Å². The molecule has 127 heavy (non-hydrogen) atoms. The zero-order valence-electron chi connectivity index (χ0n) is 66.8. The summed E-state index contributed by atoms with van der Waals surface area (Å²) in [6.07, 6.45) is 3.34. The molecule has 9 heterocycles. The summed E-state index contributed by atoms with van der Waals surface area (Å²) in [7, 11) is 0. The molecule has 0 amide bonds. The standard InChI is InChI=1S/C23H14ClN5.C22H13ClN4.C21H12ClN5.C21H14ClN3.C16H11ClN2/c24-23-28-21(16-6-2-1-3-7-16)27-22(29-23)17-12-10-15(11-13-17)20-18-8-4-5-9-19(18)25-14-26-20;23-22-26-20(18-11-5-8-14-6-1-3-9-16(14)18)25-21(27-22)19-17-10-4-2-7-15(17)12-13-24-19;22-21-26-19(17-11-9-13-5-1-3-7-15(13)23-17)25-20(27-21)18-12-10-14-6-2-4-8-16(14)24-18;22-21-24-19(17-9-5-2-6-10-17)23-20(25-21)18-13-11-16(12-14-18)15-7-3-1-4-8-15;17-16-18-14(12-7-3-1-4-8-12)11-15(19-16)13-9-5-2-6-10-13/h1-14H;1-13H;1-12H;1-14H;1-11H. The van der Waals surface area contributed by atoms with Crippen LogP contribution in [0.5, 0.6) is 0 Å². The van der Waals surface area contributed by atoms with Gasteiger partial charge in [0.15, 0.2) is 46.6 Å². The first-order valence-electron chi connectivity index (χ1n) is 39.9. The van der Waals surface area contributed by atoms with Crippen LogP contribution in [0.4, 0.5) is 0 Å². The molecule has 0 atom stereocenters. The zero-order chi connectivity index (χ0) is 86.2. The molecule has 606 valence electrons. The van der Waals surface area contributed by atoms with Gasteiger partial charge in [0.05, 0.1) is 33.6 Å². The van der Waals surface area contributed by atoms with Gasteiger partial charge in [-0.2, -0.15) is 39.9 Å². The number of benzene rings is 13. The van der Waals surface area contributed by atoms with Crippen LogP contribution in [0, 0.1) is 0 Å². The van der Waals surface area contributed by atoms with Gasteiger partial charge in [0.1, 0.15) is 23.4 Å². The van der Waals surface area contributed by atoms with Gasteiger partial charge in [-0.05, 0) is 128 Å². The highest BCUT2D eigenvalue weighted by Gasteiger charge is 2.19. The van der Waals surface area contributed by atoms with Gasteiger partial charge in [-0.25, -0.2) is 49.8 Å². The van der Waals surface area contributed by atoms with Gasteiger partial charge in [0.2, 0.25) is 26.4 Å². The third-order valence-corrected chi connectivity index (χ3v) is 21.0. The molecule has 9 aromatic heterocycles. The van der Waals surface area contributed by atoms with Crippen LogP contribution < -0.4 is 0 Å². The second kappa shape index (κ2) is 38.8. The van der Waals surface area contributed by atoms with Crippen LogP contribution in [0.2, 0.25) is 26.4 Å². The molecule has 22 aromatic rings. The number of pyridine rings is 3. The van der Waals surface area contributed by atoms with Crippen LogP contribution in [0.15, 0.2) is 389 Å². The number of hydrogen-bond donors (Lipinski definition) is 0. The van der Waals surface area contributed by atoms with Crippen LogP contribution in [0.25, 0.3) is 191 Å². The number of aromatic nitrogens is 19. The molecule has 0 radical (unpaired) electrons. The zero-order valence-corrected chi connectivity index (χ0v) is 70.6. The lowest BCUT2D eigenvalue weighted by Gasteiger charge is -2.08. The monoisotopic (exact) mass is 1740 g/mol. The highest BCUT2D eigenvalue weighted by molar-refractivity contribution is 6.29. The van der Waals surface area contributed by atoms with Crippen molar-refractivity contribution in [2.75, 3.05) is 0 Å². The lowest BCUT2D eigenvalue weighted by Crippen LogP contribution is -2.00. The van der Waals surface area contributed by atoms with Crippen LogP contribution in [-0.2, 0) is 0 Å². The first kappa shape index (κ1) is 82.2. The van der Waals surface area contributed by atoms with Crippen molar-refractivity contribution in [3.05, 3.63) is 415 Å². The minimum absolute atomic E-state index is 0.111. The number of halogens is 5. The molecule has 0 fully saturated rings. The van der Waals surface area contributed by atoms with E-state index in [-0.39, 0.29) is 26.4 Å². The second-order valence-electron chi connectivity index (χ2n) is 28.3. The van der Waals surface area contributed by atoms with E-state index in [0.29, 0.717) is 63.7 Å². The van der Waals surface area contributed by atoms with Crippen LogP contribution in [0.3, 0.4) is 0 Å². The van der Waals surface area contributed by atoms with E-state index in [4.69, 9.17) is 63.0 Å². The third-order valence-electron chi connectivity index (χ3n) is 20.1. The Labute approximate surface area is 752 Å². The molecule has 0 N–H and O–H groups in total. The van der Waals surface area contributed by atoms with Crippen molar-refractivity contribution in [1.82, 2.24) is 94.7 Å². The maximum Gasteiger partial charge on any atom is 0.226 e. The molecule has 0 saturated carbocycles. The number of fused-ring (bicyclic) bond motifs is 5. The summed E-state index contributed by atoms with van der Waals surface area (Å²) in [4.78, 5) is 83.9. The van der Waals surface area contributed by atoms with E-state index in [1.165, 1.54) is 5.56 Å². The summed E-state index contributed by atoms with van der Waals surface area (Å²) in [5.74, 6) is 4.07. The average Bonchev–Trinajstić information content (AvgIpc) is 0.782. The van der Waals surface area contributed by atoms with E-state index >= 15 is 0 Å². The summed E-state index contributed by atoms with van der Waals surface area (Å²) in [6, 6.07) is 123. The van der Waals surface area contributed by atoms with E-state index in [1.54, 1.807) is 12.5 Å². The van der Waals surface area contributed by atoms with Gasteiger partial charge in [0, 0.05) is 72.2 Å². The Morgan fingerprint density at radius 1 is 0.165 bits per heavy atom. The highest BCUT2D eigenvalue weighted by atomic mass is 35.5. The van der Waals surface area contributed by atoms with E-state index in [2.05, 4.69) is 132 Å². The summed E-state index contributed by atoms with van der Waals surface area (Å²) < 4.78 is 0. The van der Waals surface area contributed by atoms with Gasteiger partial charge in [-0.1, -0.05) is 334 Å². The Morgan fingerprint density at radius 3 is 1.01 bits per heavy atom. The predicted molar refractivity (Wildman–Crippen MR) is 508 cm³/mol. The number of hydrogen-bond acceptors (Lipinski definition) is 19. The van der Waals surface area contributed by atoms with E-state index in [9.17, 15) is 0 Å². The van der Waals surface area contributed by atoms with E-state index < -0.39 is 0 Å². The maximum atomic E-state index is 6.26. The quantitative estimate of drug-likeness (QED) is 0.103. The lowest BCUT2D eigenvalue weighted by molar-refractivity contribution is 1.04. The number of rotatable bonds is 12. The number of para-hydroxylation sites is 3. The second-order valence-corrected chi connectivity index (χ2v) is 30.0. The van der Waals surface area contributed by atoms with E-state index in [0.717, 1.165) is 121 Å². The third kappa shape index (κ3) is 19.8. The van der Waals surface area contributed by atoms with Crippen LogP contribution in [0.1, 0.15) is 0 Å². The largest absolute Gasteiger partial charge is 0.252 e. The van der Waals surface area contributed by atoms with Crippen LogP contribution in [-0.4, -0.2) is 94.7 Å². The minimum atomic E-state index is 0.111. The highest BCUT2D eigenvalue weighted by Crippen LogP contribution is 2.35. The summed E-state index contributed by atoms with van der Waals surface area (Å²) in [5, 5.41) is 8.24. The Hall–Kier alpha value is -15.7. The van der Waals surface area contributed by atoms with Crippen molar-refractivity contribution in [2.45, 2.75) is 0 Å². The molecule has 13 aromatic carbocycles. The van der Waals surface area contributed by atoms with Crippen molar-refractivity contribution in [1.29, 1.82) is 0 Å². The van der Waals surface area contributed by atoms with Gasteiger partial charge < -0.3 is 0 Å².